The molecule has 2 aliphatic heterocycles. The predicted molar refractivity (Wildman–Crippen MR) is 71.8 cm³/mol. The van der Waals surface area contributed by atoms with Crippen LogP contribution in [-0.2, 0) is 0 Å². The lowest BCUT2D eigenvalue weighted by atomic mass is 9.98. The maximum atomic E-state index is 12.4. The third kappa shape index (κ3) is 2.17. The van der Waals surface area contributed by atoms with Crippen LogP contribution in [0.4, 0.5) is 0 Å². The summed E-state index contributed by atoms with van der Waals surface area (Å²) < 4.78 is 0. The predicted octanol–water partition coefficient (Wildman–Crippen LogP) is 1.89. The van der Waals surface area contributed by atoms with E-state index in [-0.39, 0.29) is 5.91 Å². The molecule has 0 spiro atoms. The number of nitrogens with one attached hydrogen (secondary N) is 1. The zero-order valence-electron chi connectivity index (χ0n) is 10.6. The highest BCUT2D eigenvalue weighted by Gasteiger charge is 2.37. The van der Waals surface area contributed by atoms with E-state index in [2.05, 4.69) is 17.2 Å². The fraction of sp³-hybridized carbons (Fsp3) is 0.692. The van der Waals surface area contributed by atoms with Crippen LogP contribution in [0.3, 0.4) is 0 Å². The van der Waals surface area contributed by atoms with E-state index in [1.165, 1.54) is 24.2 Å². The molecule has 1 amide bonds. The van der Waals surface area contributed by atoms with Crippen molar-refractivity contribution in [2.24, 2.45) is 0 Å². The third-order valence-electron chi connectivity index (χ3n) is 4.13. The van der Waals surface area contributed by atoms with Crippen LogP contribution in [0, 0.1) is 0 Å². The van der Waals surface area contributed by atoms with Gasteiger partial charge in [0.25, 0.3) is 5.91 Å². The highest BCUT2D eigenvalue weighted by Crippen LogP contribution is 2.30. The maximum Gasteiger partial charge on any atom is 0.265 e. The molecule has 2 saturated heterocycles. The van der Waals surface area contributed by atoms with Crippen LogP contribution in [0.5, 0.6) is 0 Å². The molecule has 4 nitrogen and oxygen atoms in total. The Morgan fingerprint density at radius 2 is 2.22 bits per heavy atom. The van der Waals surface area contributed by atoms with E-state index in [1.807, 2.05) is 4.90 Å². The van der Waals surface area contributed by atoms with Crippen LogP contribution < -0.4 is 5.32 Å². The van der Waals surface area contributed by atoms with E-state index in [4.69, 9.17) is 0 Å². The van der Waals surface area contributed by atoms with Gasteiger partial charge in [-0.3, -0.25) is 9.78 Å². The van der Waals surface area contributed by atoms with Gasteiger partial charge < -0.3 is 10.2 Å². The Morgan fingerprint density at radius 3 is 2.78 bits per heavy atom. The highest BCUT2D eigenvalue weighted by atomic mass is 32.1. The number of carbonyl (C=O) groups excluding carboxylic acids is 1. The monoisotopic (exact) mass is 265 g/mol. The molecule has 5 heteroatoms. The molecule has 0 aliphatic carbocycles. The molecule has 1 aromatic rings. The lowest BCUT2D eigenvalue weighted by Gasteiger charge is -2.37. The summed E-state index contributed by atoms with van der Waals surface area (Å²) in [5.41, 5.74) is 1.73. The van der Waals surface area contributed by atoms with Crippen molar-refractivity contribution >= 4 is 17.2 Å². The summed E-state index contributed by atoms with van der Waals surface area (Å²) in [6.45, 7) is 2.86. The van der Waals surface area contributed by atoms with E-state index >= 15 is 0 Å². The van der Waals surface area contributed by atoms with E-state index in [0.29, 0.717) is 18.1 Å². The molecule has 1 N–H and O–H groups in total. The van der Waals surface area contributed by atoms with Gasteiger partial charge in [0, 0.05) is 24.7 Å². The van der Waals surface area contributed by atoms with Crippen molar-refractivity contribution in [1.82, 2.24) is 15.2 Å². The van der Waals surface area contributed by atoms with Crippen molar-refractivity contribution in [3.05, 3.63) is 16.6 Å². The quantitative estimate of drug-likeness (QED) is 0.907. The molecule has 1 aromatic heterocycles. The van der Waals surface area contributed by atoms with E-state index in [0.717, 1.165) is 24.3 Å². The first-order chi connectivity index (χ1) is 8.78. The van der Waals surface area contributed by atoms with Crippen molar-refractivity contribution in [3.8, 4) is 0 Å². The van der Waals surface area contributed by atoms with Crippen molar-refractivity contribution in [3.63, 3.8) is 0 Å². The van der Waals surface area contributed by atoms with Gasteiger partial charge in [0.1, 0.15) is 4.88 Å². The molecule has 2 fully saturated rings. The summed E-state index contributed by atoms with van der Waals surface area (Å²) in [5.74, 6) is 0.159. The molecule has 2 aliphatic rings. The summed E-state index contributed by atoms with van der Waals surface area (Å²) in [6, 6.07) is 1.65. The van der Waals surface area contributed by atoms with Gasteiger partial charge >= 0.3 is 0 Å². The Labute approximate surface area is 111 Å². The van der Waals surface area contributed by atoms with E-state index in [9.17, 15) is 4.79 Å². The minimum atomic E-state index is 0.159. The SMILES string of the molecule is CCN(C(=O)c1cncs1)C1CC2CCC(C1)N2. The van der Waals surface area contributed by atoms with Crippen LogP contribution >= 0.6 is 11.3 Å². The molecule has 3 heterocycles. The van der Waals surface area contributed by atoms with Gasteiger partial charge in [-0.2, -0.15) is 0 Å². The maximum absolute atomic E-state index is 12.4. The van der Waals surface area contributed by atoms with Crippen molar-refractivity contribution in [2.75, 3.05) is 6.54 Å². The normalized spacial score (nSPS) is 30.4. The number of rotatable bonds is 3. The Balaban J connectivity index is 1.74. The van der Waals surface area contributed by atoms with Gasteiger partial charge in [-0.1, -0.05) is 0 Å². The summed E-state index contributed by atoms with van der Waals surface area (Å²) >= 11 is 1.44. The third-order valence-corrected chi connectivity index (χ3v) is 4.89. The van der Waals surface area contributed by atoms with Crippen LogP contribution in [0.1, 0.15) is 42.3 Å². The van der Waals surface area contributed by atoms with Gasteiger partial charge in [0.05, 0.1) is 11.7 Å². The molecule has 98 valence electrons. The van der Waals surface area contributed by atoms with E-state index in [1.54, 1.807) is 11.7 Å². The molecule has 3 rings (SSSR count). The zero-order valence-corrected chi connectivity index (χ0v) is 11.4. The topological polar surface area (TPSA) is 45.2 Å². The average molecular weight is 265 g/mol. The fourth-order valence-electron chi connectivity index (χ4n) is 3.31. The Bertz CT molecular complexity index is 408. The number of fused-ring (bicyclic) bond motifs is 2. The van der Waals surface area contributed by atoms with Crippen LogP contribution in [0.25, 0.3) is 0 Å². The molecule has 0 saturated carbocycles. The number of piperidine rings is 1. The van der Waals surface area contributed by atoms with Crippen LogP contribution in [0.2, 0.25) is 0 Å². The second-order valence-corrected chi connectivity index (χ2v) is 6.11. The standard InChI is InChI=1S/C13H19N3OS/c1-2-16(13(17)12-7-14-8-18-12)11-5-9-3-4-10(6-11)15-9/h7-11,15H,2-6H2,1H3. The van der Waals surface area contributed by atoms with Crippen LogP contribution in [-0.4, -0.2) is 40.5 Å². The average Bonchev–Trinajstić information content (AvgIpc) is 3.00. The number of carbonyl (C=O) groups is 1. The minimum Gasteiger partial charge on any atom is -0.335 e. The number of amides is 1. The van der Waals surface area contributed by atoms with Gasteiger partial charge in [-0.05, 0) is 32.6 Å². The molecule has 2 atom stereocenters. The Hall–Kier alpha value is -0.940. The number of aromatic nitrogens is 1. The fourth-order valence-corrected chi connectivity index (χ4v) is 3.89. The van der Waals surface area contributed by atoms with Crippen molar-refractivity contribution in [2.45, 2.75) is 50.7 Å². The molecular formula is C13H19N3OS. The van der Waals surface area contributed by atoms with Gasteiger partial charge in [-0.15, -0.1) is 11.3 Å². The molecule has 2 unspecified atom stereocenters. The molecule has 0 aromatic carbocycles. The number of hydrogen-bond donors (Lipinski definition) is 1. The second-order valence-electron chi connectivity index (χ2n) is 5.22. The van der Waals surface area contributed by atoms with Gasteiger partial charge in [0.15, 0.2) is 0 Å². The molecule has 2 bridgehead atoms. The minimum absolute atomic E-state index is 0.159. The van der Waals surface area contributed by atoms with Crippen LogP contribution in [0.15, 0.2) is 11.7 Å². The summed E-state index contributed by atoms with van der Waals surface area (Å²) in [5, 5.41) is 3.63. The molecule has 18 heavy (non-hydrogen) atoms. The lowest BCUT2D eigenvalue weighted by molar-refractivity contribution is 0.0636. The van der Waals surface area contributed by atoms with Gasteiger partial charge in [-0.25, -0.2) is 0 Å². The first-order valence-electron chi connectivity index (χ1n) is 6.73. The van der Waals surface area contributed by atoms with E-state index < -0.39 is 0 Å². The second kappa shape index (κ2) is 4.97. The summed E-state index contributed by atoms with van der Waals surface area (Å²) in [7, 11) is 0. The Kier molecular flexibility index (Phi) is 3.35. The van der Waals surface area contributed by atoms with Crippen molar-refractivity contribution in [1.29, 1.82) is 0 Å². The first kappa shape index (κ1) is 12.1. The van der Waals surface area contributed by atoms with Gasteiger partial charge in [0.2, 0.25) is 0 Å². The summed E-state index contributed by atoms with van der Waals surface area (Å²) in [4.78, 5) is 19.3. The zero-order chi connectivity index (χ0) is 12.5. The number of hydrogen-bond acceptors (Lipinski definition) is 4. The largest absolute Gasteiger partial charge is 0.335 e. The number of thiazole rings is 1. The van der Waals surface area contributed by atoms with Crippen molar-refractivity contribution < 1.29 is 4.79 Å². The molecule has 0 radical (unpaired) electrons. The first-order valence-corrected chi connectivity index (χ1v) is 7.61. The lowest BCUT2D eigenvalue weighted by Crippen LogP contribution is -2.50. The molecular weight excluding hydrogens is 246 g/mol. The Morgan fingerprint density at radius 1 is 1.50 bits per heavy atom. The summed E-state index contributed by atoms with van der Waals surface area (Å²) in [6.07, 6.45) is 6.44. The highest BCUT2D eigenvalue weighted by molar-refractivity contribution is 7.11. The smallest absolute Gasteiger partial charge is 0.265 e. The number of nitrogens with zero attached hydrogens (tertiary/aromatic N) is 2.